The fraction of sp³-hybridized carbons (Fsp3) is 0.528. The number of fused-ring (bicyclic) bond motifs is 1. The summed E-state index contributed by atoms with van der Waals surface area (Å²) in [5.41, 5.74) is 2.72. The Morgan fingerprint density at radius 3 is 2.04 bits per heavy atom. The molecule has 1 aromatic heterocycles. The Labute approximate surface area is 293 Å². The molecule has 1 saturated heterocycles. The second kappa shape index (κ2) is 21.9. The van der Waals surface area contributed by atoms with Gasteiger partial charge >= 0.3 is 5.63 Å². The largest absolute Gasteiger partial charge is 0.489 e. The molecule has 0 atom stereocenters. The van der Waals surface area contributed by atoms with Crippen LogP contribution in [0.15, 0.2) is 61.8 Å². The third-order valence-corrected chi connectivity index (χ3v) is 7.93. The van der Waals surface area contributed by atoms with Crippen LogP contribution in [0.5, 0.6) is 5.75 Å². The molecule has 0 aliphatic carbocycles. The predicted octanol–water partition coefficient (Wildman–Crippen LogP) is 3.63. The van der Waals surface area contributed by atoms with Gasteiger partial charge in [0.15, 0.2) is 0 Å². The van der Waals surface area contributed by atoms with Gasteiger partial charge in [0.05, 0.1) is 95.8 Å². The quantitative estimate of drug-likeness (QED) is 0.102. The zero-order valence-corrected chi connectivity index (χ0v) is 29.5. The fourth-order valence-electron chi connectivity index (χ4n) is 5.25. The zero-order chi connectivity index (χ0) is 35.4. The van der Waals surface area contributed by atoms with Gasteiger partial charge < -0.3 is 53.2 Å². The molecular formula is C36H51N5O9. The molecule has 1 fully saturated rings. The molecule has 0 radical (unpaired) electrons. The average Bonchev–Trinajstić information content (AvgIpc) is 3.13. The van der Waals surface area contributed by atoms with E-state index in [4.69, 9.17) is 43.4 Å². The van der Waals surface area contributed by atoms with Gasteiger partial charge in [-0.15, -0.1) is 0 Å². The summed E-state index contributed by atoms with van der Waals surface area (Å²) in [5, 5.41) is 4.61. The van der Waals surface area contributed by atoms with Crippen LogP contribution in [0.25, 0.3) is 11.0 Å². The number of nitrogens with two attached hydrogens (primary N) is 1. The van der Waals surface area contributed by atoms with Crippen molar-refractivity contribution in [1.29, 1.82) is 0 Å². The van der Waals surface area contributed by atoms with Crippen LogP contribution < -0.4 is 26.0 Å². The van der Waals surface area contributed by atoms with E-state index >= 15 is 0 Å². The first-order chi connectivity index (χ1) is 24.6. The smallest absolute Gasteiger partial charge is 0.345 e. The molecule has 0 unspecified atom stereocenters. The number of benzene rings is 2. The first kappa shape index (κ1) is 38.7. The average molecular weight is 698 g/mol. The number of anilines is 2. The number of hydrogen-bond acceptors (Lipinski definition) is 14. The van der Waals surface area contributed by atoms with Crippen molar-refractivity contribution >= 4 is 40.0 Å². The summed E-state index contributed by atoms with van der Waals surface area (Å²) < 4.78 is 45.5. The van der Waals surface area contributed by atoms with E-state index in [0.29, 0.717) is 109 Å². The van der Waals surface area contributed by atoms with Crippen LogP contribution in [0.3, 0.4) is 0 Å². The highest BCUT2D eigenvalue weighted by molar-refractivity contribution is 6.38. The molecule has 2 aromatic carbocycles. The second-order valence-electron chi connectivity index (χ2n) is 11.2. The van der Waals surface area contributed by atoms with Gasteiger partial charge in [0.25, 0.3) is 0 Å². The van der Waals surface area contributed by atoms with Crippen molar-refractivity contribution in [2.75, 3.05) is 122 Å². The molecule has 14 heteroatoms. The molecule has 4 rings (SSSR count). The molecule has 0 bridgehead atoms. The van der Waals surface area contributed by atoms with E-state index < -0.39 is 5.63 Å². The van der Waals surface area contributed by atoms with Gasteiger partial charge in [0.1, 0.15) is 23.7 Å². The highest BCUT2D eigenvalue weighted by atomic mass is 16.6. The first-order valence-corrected chi connectivity index (χ1v) is 17.1. The summed E-state index contributed by atoms with van der Waals surface area (Å²) in [6.45, 7) is 12.6. The molecule has 274 valence electrons. The van der Waals surface area contributed by atoms with Crippen LogP contribution in [-0.2, 0) is 28.4 Å². The van der Waals surface area contributed by atoms with Crippen molar-refractivity contribution in [3.05, 3.63) is 58.4 Å². The molecule has 3 aromatic rings. The van der Waals surface area contributed by atoms with Gasteiger partial charge in [-0.2, -0.15) is 5.10 Å². The lowest BCUT2D eigenvalue weighted by atomic mass is 10.1. The number of methoxy groups -OCH3 is 1. The lowest BCUT2D eigenvalue weighted by Crippen LogP contribution is -2.32. The van der Waals surface area contributed by atoms with E-state index in [1.165, 1.54) is 6.21 Å². The topological polar surface area (TPSA) is 152 Å². The van der Waals surface area contributed by atoms with Crippen LogP contribution in [0.4, 0.5) is 17.1 Å². The molecule has 0 saturated carbocycles. The van der Waals surface area contributed by atoms with E-state index in [1.807, 2.05) is 36.4 Å². The van der Waals surface area contributed by atoms with Gasteiger partial charge in [-0.05, 0) is 44.2 Å². The molecule has 0 spiro atoms. The third kappa shape index (κ3) is 12.1. The minimum Gasteiger partial charge on any atom is -0.489 e. The Balaban J connectivity index is 1.53. The second-order valence-corrected chi connectivity index (χ2v) is 11.2. The van der Waals surface area contributed by atoms with Gasteiger partial charge in [0, 0.05) is 56.5 Å². The normalized spacial score (nSPS) is 16.7. The highest BCUT2D eigenvalue weighted by Gasteiger charge is 2.16. The van der Waals surface area contributed by atoms with E-state index in [9.17, 15) is 4.79 Å². The van der Waals surface area contributed by atoms with Crippen molar-refractivity contribution in [3.8, 4) is 5.75 Å². The molecular weight excluding hydrogens is 646 g/mol. The Morgan fingerprint density at radius 2 is 1.46 bits per heavy atom. The number of aliphatic imine (C=N–C) groups is 1. The van der Waals surface area contributed by atoms with Crippen LogP contribution in [0.1, 0.15) is 19.4 Å². The molecule has 1 aliphatic rings. The van der Waals surface area contributed by atoms with E-state index in [1.54, 1.807) is 13.2 Å². The van der Waals surface area contributed by atoms with Crippen molar-refractivity contribution in [2.24, 2.45) is 15.9 Å². The van der Waals surface area contributed by atoms with Crippen molar-refractivity contribution in [3.63, 3.8) is 0 Å². The van der Waals surface area contributed by atoms with E-state index in [2.05, 4.69) is 33.7 Å². The third-order valence-electron chi connectivity index (χ3n) is 7.93. The predicted molar refractivity (Wildman–Crippen MR) is 195 cm³/mol. The van der Waals surface area contributed by atoms with Crippen LogP contribution in [-0.4, -0.2) is 124 Å². The summed E-state index contributed by atoms with van der Waals surface area (Å²) in [6, 6.07) is 13.1. The summed E-state index contributed by atoms with van der Waals surface area (Å²) in [4.78, 5) is 22.0. The maximum Gasteiger partial charge on any atom is 0.345 e. The van der Waals surface area contributed by atoms with Crippen molar-refractivity contribution in [2.45, 2.75) is 13.8 Å². The fourth-order valence-corrected chi connectivity index (χ4v) is 5.25. The molecule has 2 heterocycles. The molecule has 1 aliphatic heterocycles. The van der Waals surface area contributed by atoms with E-state index in [-0.39, 0.29) is 11.3 Å². The zero-order valence-electron chi connectivity index (χ0n) is 29.5. The SMILES string of the molecule is CCN(CC)c1ccc2cc(C(C=Nc3ccc(N4CCOCCOCCOCCOCCOCC4)c(OCCOC)c3)=NN)c(=O)oc2c1. The maximum absolute atomic E-state index is 13.1. The standard InChI is InChI=1S/C36H51N5O9/c1-4-40(5-2)30-8-6-28-24-31(36(42)50-34(28)26-30)32(39-37)27-38-29-7-9-33(35(25-29)49-23-14-43-3)41-10-12-44-15-17-46-19-21-48-22-20-47-18-16-45-13-11-41/h6-9,24-27H,4-5,10-23,37H2,1-3H3. The first-order valence-electron chi connectivity index (χ1n) is 17.1. The van der Waals surface area contributed by atoms with Gasteiger partial charge in [-0.25, -0.2) is 4.79 Å². The molecule has 14 nitrogen and oxygen atoms in total. The van der Waals surface area contributed by atoms with Crippen molar-refractivity contribution in [1.82, 2.24) is 0 Å². The lowest BCUT2D eigenvalue weighted by Gasteiger charge is -2.27. The highest BCUT2D eigenvalue weighted by Crippen LogP contribution is 2.33. The summed E-state index contributed by atoms with van der Waals surface area (Å²) in [5.74, 6) is 6.36. The number of rotatable bonds is 11. The van der Waals surface area contributed by atoms with Crippen LogP contribution in [0, 0.1) is 0 Å². The molecule has 2 N–H and O–H groups in total. The number of ether oxygens (including phenoxy) is 7. The van der Waals surface area contributed by atoms with Crippen molar-refractivity contribution < 1.29 is 37.6 Å². The van der Waals surface area contributed by atoms with Gasteiger partial charge in [-0.3, -0.25) is 4.99 Å². The minimum atomic E-state index is -0.556. The Hall–Kier alpha value is -4.05. The monoisotopic (exact) mass is 697 g/mol. The van der Waals surface area contributed by atoms with E-state index in [0.717, 1.165) is 29.9 Å². The lowest BCUT2D eigenvalue weighted by molar-refractivity contribution is -0.0116. The van der Waals surface area contributed by atoms with Gasteiger partial charge in [-0.1, -0.05) is 0 Å². The summed E-state index contributed by atoms with van der Waals surface area (Å²) in [6.07, 6.45) is 1.45. The number of nitrogens with zero attached hydrogens (tertiary/aromatic N) is 4. The minimum absolute atomic E-state index is 0.182. The Bertz CT molecular complexity index is 1540. The molecule has 50 heavy (non-hydrogen) atoms. The Kier molecular flexibility index (Phi) is 17.0. The summed E-state index contributed by atoms with van der Waals surface area (Å²) in [7, 11) is 1.62. The Morgan fingerprint density at radius 1 is 0.840 bits per heavy atom. The maximum atomic E-state index is 13.1. The van der Waals surface area contributed by atoms with Gasteiger partial charge in [0.2, 0.25) is 0 Å². The van der Waals surface area contributed by atoms with Crippen LogP contribution >= 0.6 is 0 Å². The number of hydrazone groups is 1. The number of hydrogen-bond donors (Lipinski definition) is 1. The summed E-state index contributed by atoms with van der Waals surface area (Å²) >= 11 is 0. The molecule has 0 amide bonds. The van der Waals surface area contributed by atoms with Crippen LogP contribution in [0.2, 0.25) is 0 Å².